The number of benzene rings is 1. The second kappa shape index (κ2) is 5.46. The van der Waals surface area contributed by atoms with Crippen molar-refractivity contribution in [2.75, 3.05) is 18.5 Å². The summed E-state index contributed by atoms with van der Waals surface area (Å²) in [6.45, 7) is 1.39. The van der Waals surface area contributed by atoms with E-state index in [2.05, 4.69) is 21.2 Å². The van der Waals surface area contributed by atoms with E-state index in [9.17, 15) is 10.1 Å². The van der Waals surface area contributed by atoms with E-state index in [1.807, 2.05) is 0 Å². The van der Waals surface area contributed by atoms with Crippen molar-refractivity contribution >= 4 is 27.3 Å². The predicted molar refractivity (Wildman–Crippen MR) is 68.3 cm³/mol. The van der Waals surface area contributed by atoms with E-state index in [0.717, 1.165) is 23.9 Å². The van der Waals surface area contributed by atoms with Crippen LogP contribution in [0.15, 0.2) is 22.7 Å². The summed E-state index contributed by atoms with van der Waals surface area (Å²) in [5.41, 5.74) is 0.617. The predicted octanol–water partition coefficient (Wildman–Crippen LogP) is 2.95. The minimum Gasteiger partial charge on any atom is -0.377 e. The van der Waals surface area contributed by atoms with E-state index in [-0.39, 0.29) is 16.7 Å². The maximum atomic E-state index is 10.8. The van der Waals surface area contributed by atoms with Gasteiger partial charge in [0.05, 0.1) is 11.0 Å². The molecule has 1 saturated heterocycles. The van der Waals surface area contributed by atoms with Gasteiger partial charge in [0.2, 0.25) is 0 Å². The Morgan fingerprint density at radius 1 is 1.59 bits per heavy atom. The van der Waals surface area contributed by atoms with Crippen molar-refractivity contribution in [2.45, 2.75) is 18.9 Å². The average Bonchev–Trinajstić information content (AvgIpc) is 2.78. The van der Waals surface area contributed by atoms with Gasteiger partial charge < -0.3 is 10.1 Å². The first-order valence-electron chi connectivity index (χ1n) is 5.46. The summed E-state index contributed by atoms with van der Waals surface area (Å²) in [4.78, 5) is 10.5. The number of halogens is 1. The molecule has 1 atom stereocenters. The molecule has 0 radical (unpaired) electrons. The molecule has 1 unspecified atom stereocenters. The summed E-state index contributed by atoms with van der Waals surface area (Å²) in [6, 6.07) is 4.87. The molecule has 1 heterocycles. The fourth-order valence-electron chi connectivity index (χ4n) is 1.84. The monoisotopic (exact) mass is 300 g/mol. The van der Waals surface area contributed by atoms with Crippen LogP contribution >= 0.6 is 15.9 Å². The number of hydrogen-bond donors (Lipinski definition) is 1. The Morgan fingerprint density at radius 2 is 2.41 bits per heavy atom. The molecule has 0 spiro atoms. The second-order valence-electron chi connectivity index (χ2n) is 3.93. The smallest absolute Gasteiger partial charge is 0.292 e. The summed E-state index contributed by atoms with van der Waals surface area (Å²) >= 11 is 3.31. The molecule has 1 fully saturated rings. The van der Waals surface area contributed by atoms with Crippen LogP contribution in [0.5, 0.6) is 0 Å². The third kappa shape index (κ3) is 3.17. The maximum Gasteiger partial charge on any atom is 0.292 e. The molecule has 1 N–H and O–H groups in total. The summed E-state index contributed by atoms with van der Waals surface area (Å²) < 4.78 is 6.28. The lowest BCUT2D eigenvalue weighted by atomic mass is 10.2. The van der Waals surface area contributed by atoms with E-state index >= 15 is 0 Å². The molecule has 0 saturated carbocycles. The van der Waals surface area contributed by atoms with Crippen molar-refractivity contribution in [3.63, 3.8) is 0 Å². The highest BCUT2D eigenvalue weighted by molar-refractivity contribution is 9.10. The van der Waals surface area contributed by atoms with Gasteiger partial charge in [-0.15, -0.1) is 0 Å². The average molecular weight is 301 g/mol. The van der Waals surface area contributed by atoms with Gasteiger partial charge in [-0.3, -0.25) is 10.1 Å². The third-order valence-electron chi connectivity index (χ3n) is 2.70. The van der Waals surface area contributed by atoms with Gasteiger partial charge in [-0.05, 0) is 25.0 Å². The van der Waals surface area contributed by atoms with Crippen LogP contribution < -0.4 is 5.32 Å². The molecule has 0 aliphatic carbocycles. The van der Waals surface area contributed by atoms with Crippen molar-refractivity contribution in [2.24, 2.45) is 0 Å². The van der Waals surface area contributed by atoms with Gasteiger partial charge in [0.25, 0.3) is 5.69 Å². The van der Waals surface area contributed by atoms with Crippen molar-refractivity contribution in [3.8, 4) is 0 Å². The zero-order valence-electron chi connectivity index (χ0n) is 9.19. The van der Waals surface area contributed by atoms with Gasteiger partial charge in [0.1, 0.15) is 5.69 Å². The molecule has 2 rings (SSSR count). The Bertz CT molecular complexity index is 419. The second-order valence-corrected chi connectivity index (χ2v) is 4.85. The largest absolute Gasteiger partial charge is 0.377 e. The maximum absolute atomic E-state index is 10.8. The molecule has 1 aliphatic rings. The molecular formula is C11H13BrN2O3. The Labute approximate surface area is 107 Å². The number of nitro benzene ring substituents is 1. The Kier molecular flexibility index (Phi) is 3.96. The Morgan fingerprint density at radius 3 is 3.06 bits per heavy atom. The molecule has 0 amide bonds. The van der Waals surface area contributed by atoms with Crippen LogP contribution in [0, 0.1) is 10.1 Å². The highest BCUT2D eigenvalue weighted by Crippen LogP contribution is 2.28. The van der Waals surface area contributed by atoms with Crippen LogP contribution in [-0.4, -0.2) is 24.2 Å². The van der Waals surface area contributed by atoms with Crippen LogP contribution in [0.3, 0.4) is 0 Å². The van der Waals surface area contributed by atoms with E-state index in [1.165, 1.54) is 6.07 Å². The topological polar surface area (TPSA) is 64.4 Å². The van der Waals surface area contributed by atoms with E-state index in [4.69, 9.17) is 4.74 Å². The van der Waals surface area contributed by atoms with Crippen molar-refractivity contribution in [1.29, 1.82) is 0 Å². The third-order valence-corrected chi connectivity index (χ3v) is 3.19. The number of nitrogens with zero attached hydrogens (tertiary/aromatic N) is 1. The fraction of sp³-hybridized carbons (Fsp3) is 0.455. The lowest BCUT2D eigenvalue weighted by Crippen LogP contribution is -2.18. The quantitative estimate of drug-likeness (QED) is 0.686. The van der Waals surface area contributed by atoms with Crippen molar-refractivity contribution < 1.29 is 9.66 Å². The van der Waals surface area contributed by atoms with Gasteiger partial charge in [-0.1, -0.05) is 15.9 Å². The first-order chi connectivity index (χ1) is 8.16. The van der Waals surface area contributed by atoms with Crippen LogP contribution in [0.25, 0.3) is 0 Å². The molecule has 1 aromatic carbocycles. The molecule has 1 aliphatic heterocycles. The number of anilines is 1. The van der Waals surface area contributed by atoms with E-state index in [0.29, 0.717) is 12.2 Å². The molecule has 5 nitrogen and oxygen atoms in total. The van der Waals surface area contributed by atoms with Crippen molar-refractivity contribution in [1.82, 2.24) is 0 Å². The first-order valence-corrected chi connectivity index (χ1v) is 6.25. The molecule has 1 aromatic rings. The first kappa shape index (κ1) is 12.3. The Hall–Kier alpha value is -1.14. The number of hydrogen-bond acceptors (Lipinski definition) is 4. The SMILES string of the molecule is O=[N+]([O-])c1ccc(Br)cc1NCC1CCCO1. The fourth-order valence-corrected chi connectivity index (χ4v) is 2.20. The number of rotatable bonds is 4. The van der Waals surface area contributed by atoms with E-state index < -0.39 is 0 Å². The number of nitrogens with one attached hydrogen (secondary N) is 1. The lowest BCUT2D eigenvalue weighted by molar-refractivity contribution is -0.384. The molecule has 0 aromatic heterocycles. The van der Waals surface area contributed by atoms with Gasteiger partial charge in [0.15, 0.2) is 0 Å². The van der Waals surface area contributed by atoms with Crippen LogP contribution in [0.1, 0.15) is 12.8 Å². The molecule has 92 valence electrons. The number of ether oxygens (including phenoxy) is 1. The molecule has 0 bridgehead atoms. The summed E-state index contributed by atoms with van der Waals surface area (Å²) in [5.74, 6) is 0. The zero-order valence-corrected chi connectivity index (χ0v) is 10.8. The molecular weight excluding hydrogens is 288 g/mol. The van der Waals surface area contributed by atoms with Gasteiger partial charge >= 0.3 is 0 Å². The van der Waals surface area contributed by atoms with Gasteiger partial charge in [-0.2, -0.15) is 0 Å². The minimum atomic E-state index is -0.385. The van der Waals surface area contributed by atoms with E-state index in [1.54, 1.807) is 12.1 Å². The van der Waals surface area contributed by atoms with Gasteiger partial charge in [0, 0.05) is 23.7 Å². The highest BCUT2D eigenvalue weighted by atomic mass is 79.9. The minimum absolute atomic E-state index is 0.0891. The standard InChI is InChI=1S/C11H13BrN2O3/c12-8-3-4-11(14(15)16)10(6-8)13-7-9-2-1-5-17-9/h3-4,6,9,13H,1-2,5,7H2. The molecule has 6 heteroatoms. The van der Waals surface area contributed by atoms with Crippen LogP contribution in [0.4, 0.5) is 11.4 Å². The molecule has 17 heavy (non-hydrogen) atoms. The van der Waals surface area contributed by atoms with Crippen molar-refractivity contribution in [3.05, 3.63) is 32.8 Å². The Balaban J connectivity index is 2.07. The lowest BCUT2D eigenvalue weighted by Gasteiger charge is -2.12. The van der Waals surface area contributed by atoms with Crippen LogP contribution in [-0.2, 0) is 4.74 Å². The summed E-state index contributed by atoms with van der Waals surface area (Å²) in [7, 11) is 0. The van der Waals surface area contributed by atoms with Crippen LogP contribution in [0.2, 0.25) is 0 Å². The zero-order chi connectivity index (χ0) is 12.3. The number of nitro groups is 1. The van der Waals surface area contributed by atoms with Gasteiger partial charge in [-0.25, -0.2) is 0 Å². The summed E-state index contributed by atoms with van der Waals surface area (Å²) in [6.07, 6.45) is 2.23. The summed E-state index contributed by atoms with van der Waals surface area (Å²) in [5, 5.41) is 13.9. The highest BCUT2D eigenvalue weighted by Gasteiger charge is 2.18. The normalized spacial score (nSPS) is 19.2.